The Kier molecular flexibility index (Phi) is 5.22. The molecule has 4 nitrogen and oxygen atoms in total. The number of benzene rings is 3. The second-order valence-corrected chi connectivity index (χ2v) is 7.55. The number of anilines is 1. The Morgan fingerprint density at radius 2 is 1.73 bits per heavy atom. The summed E-state index contributed by atoms with van der Waals surface area (Å²) >= 11 is 0. The molecule has 1 heterocycles. The number of rotatable bonds is 6. The molecule has 1 aliphatic heterocycles. The van der Waals surface area contributed by atoms with Gasteiger partial charge in [0.2, 0.25) is 0 Å². The van der Waals surface area contributed by atoms with Crippen molar-refractivity contribution in [3.8, 4) is 0 Å². The Bertz CT molecular complexity index is 1110. The molecule has 1 aliphatic rings. The first-order valence-electron chi connectivity index (χ1n) is 9.93. The summed E-state index contributed by atoms with van der Waals surface area (Å²) in [5.41, 5.74) is 1.13. The van der Waals surface area contributed by atoms with E-state index in [0.717, 1.165) is 12.0 Å². The molecule has 1 N–H and O–H groups in total. The molecular weight excluding hydrogens is 381 g/mol. The zero-order chi connectivity index (χ0) is 21.3. The highest BCUT2D eigenvalue weighted by molar-refractivity contribution is 6.10. The van der Waals surface area contributed by atoms with Gasteiger partial charge in [0, 0.05) is 11.1 Å². The van der Waals surface area contributed by atoms with Gasteiger partial charge in [0.1, 0.15) is 5.82 Å². The van der Waals surface area contributed by atoms with E-state index in [1.807, 2.05) is 19.1 Å². The van der Waals surface area contributed by atoms with Crippen LogP contribution in [-0.4, -0.2) is 16.8 Å². The summed E-state index contributed by atoms with van der Waals surface area (Å²) in [6.45, 7) is 2.14. The van der Waals surface area contributed by atoms with Gasteiger partial charge in [0.05, 0.1) is 18.7 Å². The molecule has 0 saturated heterocycles. The number of Topliss-reactive ketones (excluding diaryl/α,β-unsaturated/α-hetero) is 1. The third kappa shape index (κ3) is 3.53. The number of carbonyl (C=O) groups excluding carboxylic acids is 2. The van der Waals surface area contributed by atoms with Crippen molar-refractivity contribution in [1.82, 2.24) is 0 Å². The highest BCUT2D eigenvalue weighted by atomic mass is 19.1. The first kappa shape index (κ1) is 20.0. The lowest BCUT2D eigenvalue weighted by molar-refractivity contribution is -0.136. The molecule has 1 amide bonds. The molecule has 0 aromatic heterocycles. The van der Waals surface area contributed by atoms with Crippen LogP contribution in [0.5, 0.6) is 0 Å². The van der Waals surface area contributed by atoms with E-state index >= 15 is 0 Å². The SMILES string of the molecule is CCc1ccc(C(=O)C[C@]2(O)C(=O)N(Cc3cccc(F)c3)c3ccccc32)cc1. The van der Waals surface area contributed by atoms with Crippen LogP contribution in [0.4, 0.5) is 10.1 Å². The molecule has 5 heteroatoms. The van der Waals surface area contributed by atoms with Crippen LogP contribution >= 0.6 is 0 Å². The number of aryl methyl sites for hydroxylation is 1. The molecule has 4 rings (SSSR count). The van der Waals surface area contributed by atoms with Crippen LogP contribution in [-0.2, 0) is 23.4 Å². The maximum Gasteiger partial charge on any atom is 0.264 e. The minimum Gasteiger partial charge on any atom is -0.375 e. The minimum atomic E-state index is -1.95. The van der Waals surface area contributed by atoms with Crippen LogP contribution < -0.4 is 4.90 Å². The van der Waals surface area contributed by atoms with E-state index in [9.17, 15) is 19.1 Å². The zero-order valence-corrected chi connectivity index (χ0v) is 16.6. The minimum absolute atomic E-state index is 0.106. The van der Waals surface area contributed by atoms with Crippen molar-refractivity contribution in [1.29, 1.82) is 0 Å². The summed E-state index contributed by atoms with van der Waals surface area (Å²) in [4.78, 5) is 27.6. The standard InChI is InChI=1S/C25H22FNO3/c1-2-17-10-12-19(13-11-17)23(28)15-25(30)21-8-3-4-9-22(21)27(24(25)29)16-18-6-5-7-20(26)14-18/h3-14,30H,2,15-16H2,1H3/t25-/m1/s1. The van der Waals surface area contributed by atoms with Gasteiger partial charge in [-0.15, -0.1) is 0 Å². The van der Waals surface area contributed by atoms with Crippen molar-refractivity contribution in [3.63, 3.8) is 0 Å². The van der Waals surface area contributed by atoms with E-state index in [4.69, 9.17) is 0 Å². The van der Waals surface area contributed by atoms with Crippen LogP contribution in [0.2, 0.25) is 0 Å². The number of hydrogen-bond donors (Lipinski definition) is 1. The highest BCUT2D eigenvalue weighted by Gasteiger charge is 2.50. The number of ketones is 1. The molecule has 30 heavy (non-hydrogen) atoms. The molecule has 0 spiro atoms. The van der Waals surface area contributed by atoms with Crippen molar-refractivity contribution < 1.29 is 19.1 Å². The molecule has 1 atom stereocenters. The number of carbonyl (C=O) groups is 2. The fourth-order valence-electron chi connectivity index (χ4n) is 3.91. The molecule has 152 valence electrons. The molecule has 0 radical (unpaired) electrons. The summed E-state index contributed by atoms with van der Waals surface area (Å²) in [6, 6.07) is 20.1. The van der Waals surface area contributed by atoms with E-state index in [1.165, 1.54) is 17.0 Å². The number of amides is 1. The van der Waals surface area contributed by atoms with Crippen LogP contribution in [0, 0.1) is 5.82 Å². The van der Waals surface area contributed by atoms with Crippen molar-refractivity contribution in [2.24, 2.45) is 0 Å². The van der Waals surface area contributed by atoms with E-state index in [1.54, 1.807) is 48.5 Å². The summed E-state index contributed by atoms with van der Waals surface area (Å²) in [7, 11) is 0. The van der Waals surface area contributed by atoms with Gasteiger partial charge in [-0.1, -0.05) is 61.5 Å². The summed E-state index contributed by atoms with van der Waals surface area (Å²) < 4.78 is 13.6. The Morgan fingerprint density at radius 1 is 1.00 bits per heavy atom. The van der Waals surface area contributed by atoms with Gasteiger partial charge in [-0.05, 0) is 35.7 Å². The van der Waals surface area contributed by atoms with E-state index in [-0.39, 0.29) is 18.7 Å². The number of fused-ring (bicyclic) bond motifs is 1. The first-order valence-corrected chi connectivity index (χ1v) is 9.93. The normalized spacial score (nSPS) is 17.8. The van der Waals surface area contributed by atoms with Gasteiger partial charge in [-0.2, -0.15) is 0 Å². The van der Waals surface area contributed by atoms with E-state index in [2.05, 4.69) is 0 Å². The number of halogens is 1. The average Bonchev–Trinajstić information content (AvgIpc) is 2.96. The number of para-hydroxylation sites is 1. The molecule has 3 aromatic carbocycles. The molecule has 0 bridgehead atoms. The monoisotopic (exact) mass is 403 g/mol. The van der Waals surface area contributed by atoms with Gasteiger partial charge in [0.15, 0.2) is 11.4 Å². The second kappa shape index (κ2) is 7.84. The smallest absolute Gasteiger partial charge is 0.264 e. The highest BCUT2D eigenvalue weighted by Crippen LogP contribution is 2.43. The van der Waals surface area contributed by atoms with Gasteiger partial charge in [-0.3, -0.25) is 9.59 Å². The maximum absolute atomic E-state index is 13.6. The van der Waals surface area contributed by atoms with Crippen LogP contribution in [0.15, 0.2) is 72.8 Å². The van der Waals surface area contributed by atoms with Gasteiger partial charge >= 0.3 is 0 Å². The lowest BCUT2D eigenvalue weighted by atomic mass is 9.88. The molecule has 0 aliphatic carbocycles. The maximum atomic E-state index is 13.6. The third-order valence-electron chi connectivity index (χ3n) is 5.57. The molecule has 0 unspecified atom stereocenters. The number of aliphatic hydroxyl groups is 1. The summed E-state index contributed by atoms with van der Waals surface area (Å²) in [5.74, 6) is -1.28. The number of hydrogen-bond acceptors (Lipinski definition) is 3. The quantitative estimate of drug-likeness (QED) is 0.621. The topological polar surface area (TPSA) is 57.6 Å². The molecule has 3 aromatic rings. The molecule has 0 saturated carbocycles. The second-order valence-electron chi connectivity index (χ2n) is 7.55. The van der Waals surface area contributed by atoms with Crippen molar-refractivity contribution >= 4 is 17.4 Å². The lowest BCUT2D eigenvalue weighted by Gasteiger charge is -2.23. The third-order valence-corrected chi connectivity index (χ3v) is 5.57. The largest absolute Gasteiger partial charge is 0.375 e. The van der Waals surface area contributed by atoms with Crippen LogP contribution in [0.25, 0.3) is 0 Å². The van der Waals surface area contributed by atoms with Crippen molar-refractivity contribution in [3.05, 3.63) is 101 Å². The van der Waals surface area contributed by atoms with Gasteiger partial charge in [0.25, 0.3) is 5.91 Å². The Hall–Kier alpha value is -3.31. The Morgan fingerprint density at radius 3 is 2.43 bits per heavy atom. The van der Waals surface area contributed by atoms with Crippen LogP contribution in [0.1, 0.15) is 40.4 Å². The predicted molar refractivity (Wildman–Crippen MR) is 113 cm³/mol. The lowest BCUT2D eigenvalue weighted by Crippen LogP contribution is -2.41. The summed E-state index contributed by atoms with van der Waals surface area (Å²) in [6.07, 6.45) is 0.507. The van der Waals surface area contributed by atoms with E-state index in [0.29, 0.717) is 22.4 Å². The summed E-state index contributed by atoms with van der Waals surface area (Å²) in [5, 5.41) is 11.4. The van der Waals surface area contributed by atoms with Crippen molar-refractivity contribution in [2.75, 3.05) is 4.90 Å². The number of nitrogens with zero attached hydrogens (tertiary/aromatic N) is 1. The van der Waals surface area contributed by atoms with E-state index < -0.39 is 17.3 Å². The molecule has 0 fully saturated rings. The average molecular weight is 403 g/mol. The van der Waals surface area contributed by atoms with Gasteiger partial charge < -0.3 is 10.0 Å². The fourth-order valence-corrected chi connectivity index (χ4v) is 3.91. The Balaban J connectivity index is 1.65. The van der Waals surface area contributed by atoms with Crippen LogP contribution in [0.3, 0.4) is 0 Å². The first-order chi connectivity index (χ1) is 14.4. The van der Waals surface area contributed by atoms with Crippen molar-refractivity contribution in [2.45, 2.75) is 31.9 Å². The van der Waals surface area contributed by atoms with Gasteiger partial charge in [-0.25, -0.2) is 4.39 Å². The zero-order valence-electron chi connectivity index (χ0n) is 16.6. The Labute approximate surface area is 174 Å². The predicted octanol–water partition coefficient (Wildman–Crippen LogP) is 4.40. The molecular formula is C25H22FNO3. The fraction of sp³-hybridized carbons (Fsp3) is 0.200.